The average Bonchev–Trinajstić information content (AvgIpc) is 2.64. The zero-order valence-electron chi connectivity index (χ0n) is 17.2. The second kappa shape index (κ2) is 9.42. The predicted molar refractivity (Wildman–Crippen MR) is 109 cm³/mol. The molecular formula is C22H31N2O3+. The highest BCUT2D eigenvalue weighted by Gasteiger charge is 2.16. The topological polar surface area (TPSA) is 52.0 Å². The molecule has 0 aromatic heterocycles. The van der Waals surface area contributed by atoms with Crippen molar-refractivity contribution < 1.29 is 19.2 Å². The van der Waals surface area contributed by atoms with Crippen LogP contribution in [0.25, 0.3) is 0 Å². The maximum absolute atomic E-state index is 12.6. The van der Waals surface area contributed by atoms with Crippen LogP contribution in [0.15, 0.2) is 30.3 Å². The van der Waals surface area contributed by atoms with Gasteiger partial charge in [0.2, 0.25) is 0 Å². The Morgan fingerprint density at radius 3 is 2.33 bits per heavy atom. The van der Waals surface area contributed by atoms with Gasteiger partial charge in [-0.2, -0.15) is 0 Å². The van der Waals surface area contributed by atoms with Crippen LogP contribution in [0.2, 0.25) is 0 Å². The average molecular weight is 372 g/mol. The van der Waals surface area contributed by atoms with E-state index in [0.29, 0.717) is 12.3 Å². The number of nitrogens with one attached hydrogen (secondary N) is 2. The van der Waals surface area contributed by atoms with Crippen molar-refractivity contribution >= 4 is 11.6 Å². The molecule has 5 heteroatoms. The van der Waals surface area contributed by atoms with E-state index in [9.17, 15) is 4.79 Å². The molecule has 0 saturated carbocycles. The van der Waals surface area contributed by atoms with E-state index < -0.39 is 0 Å². The van der Waals surface area contributed by atoms with E-state index in [-0.39, 0.29) is 5.91 Å². The number of rotatable bonds is 8. The standard InChI is InChI=1S/C22H30N2O3/c1-7-17-10-8-9-15(2)22(17)23-21(25)14-24(4)13-18-12-20(27-6)19(26-5)11-16(18)3/h8-12H,7,13-14H2,1-6H3,(H,23,25)/p+1. The molecule has 0 heterocycles. The lowest BCUT2D eigenvalue weighted by atomic mass is 10.1. The van der Waals surface area contributed by atoms with Gasteiger partial charge in [0.05, 0.1) is 21.3 Å². The number of quaternary nitrogens is 1. The zero-order valence-corrected chi connectivity index (χ0v) is 17.2. The fraction of sp³-hybridized carbons (Fsp3) is 0.409. The Balaban J connectivity index is 2.06. The molecule has 0 aliphatic rings. The van der Waals surface area contributed by atoms with Crippen LogP contribution >= 0.6 is 0 Å². The summed E-state index contributed by atoms with van der Waals surface area (Å²) in [5.74, 6) is 1.46. The van der Waals surface area contributed by atoms with Gasteiger partial charge in [-0.25, -0.2) is 0 Å². The van der Waals surface area contributed by atoms with Crippen LogP contribution in [-0.4, -0.2) is 33.7 Å². The second-order valence-corrected chi connectivity index (χ2v) is 6.96. The van der Waals surface area contributed by atoms with Gasteiger partial charge in [-0.1, -0.05) is 25.1 Å². The fourth-order valence-corrected chi connectivity index (χ4v) is 3.26. The van der Waals surface area contributed by atoms with Crippen molar-refractivity contribution in [3.05, 3.63) is 52.6 Å². The number of para-hydroxylation sites is 1. The van der Waals surface area contributed by atoms with Crippen LogP contribution in [0.4, 0.5) is 5.69 Å². The third-order valence-electron chi connectivity index (χ3n) is 4.80. The largest absolute Gasteiger partial charge is 0.493 e. The van der Waals surface area contributed by atoms with Crippen molar-refractivity contribution in [3.63, 3.8) is 0 Å². The van der Waals surface area contributed by atoms with Crippen molar-refractivity contribution in [3.8, 4) is 11.5 Å². The summed E-state index contributed by atoms with van der Waals surface area (Å²) >= 11 is 0. The van der Waals surface area contributed by atoms with Crippen molar-refractivity contribution in [1.82, 2.24) is 0 Å². The Morgan fingerprint density at radius 1 is 1.04 bits per heavy atom. The van der Waals surface area contributed by atoms with Gasteiger partial charge in [-0.15, -0.1) is 0 Å². The molecule has 0 spiro atoms. The third-order valence-corrected chi connectivity index (χ3v) is 4.80. The number of methoxy groups -OCH3 is 2. The Morgan fingerprint density at radius 2 is 1.70 bits per heavy atom. The zero-order chi connectivity index (χ0) is 20.0. The molecule has 0 bridgehead atoms. The van der Waals surface area contributed by atoms with Crippen LogP contribution in [0.5, 0.6) is 11.5 Å². The first-order chi connectivity index (χ1) is 12.9. The molecule has 2 aromatic rings. The molecule has 1 unspecified atom stereocenters. The predicted octanol–water partition coefficient (Wildman–Crippen LogP) is 2.54. The van der Waals surface area contributed by atoms with Crippen molar-refractivity contribution in [2.75, 3.05) is 33.1 Å². The summed E-state index contributed by atoms with van der Waals surface area (Å²) in [6, 6.07) is 10.1. The van der Waals surface area contributed by atoms with Gasteiger partial charge in [-0.05, 0) is 49.1 Å². The fourth-order valence-electron chi connectivity index (χ4n) is 3.26. The molecule has 1 atom stereocenters. The molecule has 2 aromatic carbocycles. The summed E-state index contributed by atoms with van der Waals surface area (Å²) in [5.41, 5.74) is 5.47. The normalized spacial score (nSPS) is 11.8. The van der Waals surface area contributed by atoms with E-state index in [1.54, 1.807) is 14.2 Å². The van der Waals surface area contributed by atoms with Gasteiger partial charge in [0.1, 0.15) is 6.54 Å². The molecule has 0 fully saturated rings. The molecule has 0 aliphatic carbocycles. The Kier molecular flexibility index (Phi) is 7.25. The summed E-state index contributed by atoms with van der Waals surface area (Å²) in [7, 11) is 5.29. The maximum atomic E-state index is 12.6. The third kappa shape index (κ3) is 5.23. The van der Waals surface area contributed by atoms with Crippen LogP contribution in [0, 0.1) is 13.8 Å². The summed E-state index contributed by atoms with van der Waals surface area (Å²) < 4.78 is 10.7. The smallest absolute Gasteiger partial charge is 0.279 e. The number of hydrogen-bond acceptors (Lipinski definition) is 3. The Bertz CT molecular complexity index is 802. The number of carbonyl (C=O) groups excluding carboxylic acids is 1. The van der Waals surface area contributed by atoms with Gasteiger partial charge in [0.15, 0.2) is 18.0 Å². The number of ether oxygens (including phenoxy) is 2. The molecule has 27 heavy (non-hydrogen) atoms. The van der Waals surface area contributed by atoms with Gasteiger partial charge < -0.3 is 19.7 Å². The summed E-state index contributed by atoms with van der Waals surface area (Å²) in [4.78, 5) is 13.7. The lowest BCUT2D eigenvalue weighted by Gasteiger charge is -2.18. The van der Waals surface area contributed by atoms with Crippen molar-refractivity contribution in [1.29, 1.82) is 0 Å². The Hall–Kier alpha value is -2.53. The lowest BCUT2D eigenvalue weighted by Crippen LogP contribution is -3.08. The number of carbonyl (C=O) groups is 1. The van der Waals surface area contributed by atoms with E-state index in [0.717, 1.165) is 51.6 Å². The van der Waals surface area contributed by atoms with Crippen LogP contribution in [-0.2, 0) is 17.8 Å². The van der Waals surface area contributed by atoms with Gasteiger partial charge >= 0.3 is 0 Å². The molecule has 2 rings (SSSR count). The van der Waals surface area contributed by atoms with Gasteiger partial charge in [0.25, 0.3) is 5.91 Å². The minimum absolute atomic E-state index is 0.0228. The molecule has 2 N–H and O–H groups in total. The van der Waals surface area contributed by atoms with Gasteiger partial charge in [-0.3, -0.25) is 4.79 Å². The summed E-state index contributed by atoms with van der Waals surface area (Å²) in [6.45, 7) is 7.30. The van der Waals surface area contributed by atoms with Crippen LogP contribution < -0.4 is 19.7 Å². The highest BCUT2D eigenvalue weighted by Crippen LogP contribution is 2.29. The van der Waals surface area contributed by atoms with Crippen molar-refractivity contribution in [2.45, 2.75) is 33.7 Å². The van der Waals surface area contributed by atoms with Crippen LogP contribution in [0.3, 0.4) is 0 Å². The van der Waals surface area contributed by atoms with E-state index in [1.807, 2.05) is 45.2 Å². The molecule has 0 aliphatic heterocycles. The second-order valence-electron chi connectivity index (χ2n) is 6.96. The number of likely N-dealkylation sites (N-methyl/N-ethyl adjacent to an activating group) is 1. The highest BCUT2D eigenvalue weighted by molar-refractivity contribution is 5.93. The maximum Gasteiger partial charge on any atom is 0.279 e. The van der Waals surface area contributed by atoms with E-state index in [2.05, 4.69) is 18.3 Å². The quantitative estimate of drug-likeness (QED) is 0.750. The molecule has 0 radical (unpaired) electrons. The number of anilines is 1. The van der Waals surface area contributed by atoms with E-state index in [4.69, 9.17) is 9.47 Å². The first kappa shape index (κ1) is 20.8. The summed E-state index contributed by atoms with van der Waals surface area (Å²) in [5, 5.41) is 3.10. The minimum atomic E-state index is 0.0228. The molecule has 5 nitrogen and oxygen atoms in total. The molecular weight excluding hydrogens is 340 g/mol. The van der Waals surface area contributed by atoms with E-state index >= 15 is 0 Å². The molecule has 1 amide bonds. The van der Waals surface area contributed by atoms with Crippen LogP contribution in [0.1, 0.15) is 29.2 Å². The van der Waals surface area contributed by atoms with Crippen molar-refractivity contribution in [2.24, 2.45) is 0 Å². The number of amides is 1. The first-order valence-electron chi connectivity index (χ1n) is 9.30. The van der Waals surface area contributed by atoms with Gasteiger partial charge in [0, 0.05) is 11.3 Å². The minimum Gasteiger partial charge on any atom is -0.493 e. The number of benzene rings is 2. The SMILES string of the molecule is CCc1cccc(C)c1NC(=O)C[NH+](C)Cc1cc(OC)c(OC)cc1C. The molecule has 0 saturated heterocycles. The number of aryl methyl sites for hydroxylation is 3. The first-order valence-corrected chi connectivity index (χ1v) is 9.30. The number of hydrogen-bond donors (Lipinski definition) is 2. The monoisotopic (exact) mass is 371 g/mol. The summed E-state index contributed by atoms with van der Waals surface area (Å²) in [6.07, 6.45) is 0.894. The lowest BCUT2D eigenvalue weighted by molar-refractivity contribution is -0.885. The molecule has 146 valence electrons. The Labute approximate surface area is 162 Å². The highest BCUT2D eigenvalue weighted by atomic mass is 16.5. The van der Waals surface area contributed by atoms with E-state index in [1.165, 1.54) is 0 Å².